The number of pyridine rings is 1. The first-order valence-electron chi connectivity index (χ1n) is 15.1. The summed E-state index contributed by atoms with van der Waals surface area (Å²) in [7, 11) is -15.1. The number of nitrogens with zero attached hydrogens (tertiary/aromatic N) is 1. The number of ketones is 1. The van der Waals surface area contributed by atoms with Crippen LogP contribution < -0.4 is 15.6 Å². The molecule has 268 valence electrons. The molecule has 5 aromatic rings. The van der Waals surface area contributed by atoms with E-state index in [4.69, 9.17) is 4.74 Å². The SMILES string of the molecule is CCC(C)(C)c1ccc(Oc2cc(Nc3ccc(S(=O)(=O)O)cc3S(=O)(=O)O)c3c4c(c(C#N)c(=O)[nH]c24)-c2ccccc2C3=O)c(S(=O)(=O)O)c1. The van der Waals surface area contributed by atoms with Crippen molar-refractivity contribution < 1.29 is 48.4 Å². The molecule has 1 aliphatic carbocycles. The summed E-state index contributed by atoms with van der Waals surface area (Å²) < 4.78 is 110. The number of fused-ring (bicyclic) bond motifs is 2. The van der Waals surface area contributed by atoms with Gasteiger partial charge in [-0.3, -0.25) is 23.2 Å². The summed E-state index contributed by atoms with van der Waals surface area (Å²) in [5.74, 6) is -1.43. The Morgan fingerprint density at radius 3 is 2.04 bits per heavy atom. The maximum absolute atomic E-state index is 14.2. The largest absolute Gasteiger partial charge is 0.454 e. The highest BCUT2D eigenvalue weighted by molar-refractivity contribution is 7.87. The zero-order chi connectivity index (χ0) is 38.1. The minimum Gasteiger partial charge on any atom is -0.454 e. The van der Waals surface area contributed by atoms with Crippen molar-refractivity contribution in [3.05, 3.63) is 99.3 Å². The second-order valence-corrected chi connectivity index (χ2v) is 16.6. The van der Waals surface area contributed by atoms with Crippen molar-refractivity contribution in [2.24, 2.45) is 0 Å². The van der Waals surface area contributed by atoms with Crippen LogP contribution in [0.4, 0.5) is 11.4 Å². The van der Waals surface area contributed by atoms with Crippen LogP contribution >= 0.6 is 0 Å². The lowest BCUT2D eigenvalue weighted by Gasteiger charge is -2.26. The number of benzene rings is 4. The maximum atomic E-state index is 14.2. The molecule has 1 aromatic heterocycles. The summed E-state index contributed by atoms with van der Waals surface area (Å²) in [4.78, 5) is 27.6. The molecule has 18 heteroatoms. The van der Waals surface area contributed by atoms with Gasteiger partial charge in [0.1, 0.15) is 27.2 Å². The predicted octanol–water partition coefficient (Wildman–Crippen LogP) is 5.57. The molecule has 0 atom stereocenters. The third kappa shape index (κ3) is 6.23. The quantitative estimate of drug-likeness (QED) is 0.113. The number of hydrogen-bond donors (Lipinski definition) is 5. The van der Waals surface area contributed by atoms with Crippen molar-refractivity contribution in [2.45, 2.75) is 47.3 Å². The number of ether oxygens (including phenoxy) is 1. The molecule has 5 N–H and O–H groups in total. The molecule has 1 heterocycles. The van der Waals surface area contributed by atoms with Crippen LogP contribution in [0.3, 0.4) is 0 Å². The van der Waals surface area contributed by atoms with Crippen LogP contribution in [-0.4, -0.2) is 49.7 Å². The predicted molar refractivity (Wildman–Crippen MR) is 187 cm³/mol. The van der Waals surface area contributed by atoms with E-state index in [1.54, 1.807) is 12.1 Å². The molecule has 0 spiro atoms. The first kappa shape index (κ1) is 36.4. The number of anilines is 2. The highest BCUT2D eigenvalue weighted by Crippen LogP contribution is 2.48. The minimum absolute atomic E-state index is 0.00767. The van der Waals surface area contributed by atoms with Gasteiger partial charge in [-0.25, -0.2) is 0 Å². The van der Waals surface area contributed by atoms with Crippen molar-refractivity contribution in [3.63, 3.8) is 0 Å². The smallest absolute Gasteiger partial charge is 0.298 e. The summed E-state index contributed by atoms with van der Waals surface area (Å²) in [6.45, 7) is 5.60. The van der Waals surface area contributed by atoms with E-state index in [1.807, 2.05) is 26.8 Å². The van der Waals surface area contributed by atoms with E-state index in [0.29, 0.717) is 18.1 Å². The van der Waals surface area contributed by atoms with Gasteiger partial charge in [0, 0.05) is 22.6 Å². The summed E-state index contributed by atoms with van der Waals surface area (Å²) >= 11 is 0. The van der Waals surface area contributed by atoms with Crippen LogP contribution in [0.2, 0.25) is 0 Å². The number of carbonyl (C=O) groups is 1. The zero-order valence-corrected chi connectivity index (χ0v) is 29.7. The van der Waals surface area contributed by atoms with Gasteiger partial charge in [-0.05, 0) is 53.3 Å². The van der Waals surface area contributed by atoms with E-state index < -0.39 is 78.8 Å². The third-order valence-corrected chi connectivity index (χ3v) is 11.6. The lowest BCUT2D eigenvalue weighted by atomic mass is 9.81. The van der Waals surface area contributed by atoms with Gasteiger partial charge in [0.2, 0.25) is 0 Å². The van der Waals surface area contributed by atoms with Crippen molar-refractivity contribution in [1.82, 2.24) is 4.98 Å². The van der Waals surface area contributed by atoms with Crippen LogP contribution in [0.1, 0.15) is 54.2 Å². The number of carbonyl (C=O) groups excluding carboxylic acids is 1. The average Bonchev–Trinajstić information content (AvgIpc) is 3.06. The molecule has 15 nitrogen and oxygen atoms in total. The fraction of sp³-hybridized carbons (Fsp3) is 0.147. The molecule has 0 saturated carbocycles. The van der Waals surface area contributed by atoms with Crippen molar-refractivity contribution in [1.29, 1.82) is 5.26 Å². The van der Waals surface area contributed by atoms with Gasteiger partial charge in [-0.2, -0.15) is 30.5 Å². The fourth-order valence-electron chi connectivity index (χ4n) is 5.93. The molecule has 0 radical (unpaired) electrons. The first-order valence-corrected chi connectivity index (χ1v) is 19.5. The Hall–Kier alpha value is -5.42. The Kier molecular flexibility index (Phi) is 8.65. The Morgan fingerprint density at radius 1 is 0.788 bits per heavy atom. The van der Waals surface area contributed by atoms with E-state index >= 15 is 0 Å². The van der Waals surface area contributed by atoms with E-state index in [1.165, 1.54) is 30.3 Å². The van der Waals surface area contributed by atoms with E-state index in [0.717, 1.165) is 18.2 Å². The Morgan fingerprint density at radius 2 is 1.44 bits per heavy atom. The summed E-state index contributed by atoms with van der Waals surface area (Å²) in [6.07, 6.45) is 0.594. The molecule has 52 heavy (non-hydrogen) atoms. The Balaban J connectivity index is 1.72. The average molecular weight is 766 g/mol. The monoisotopic (exact) mass is 765 g/mol. The number of nitriles is 1. The number of hydrogen-bond acceptors (Lipinski definition) is 11. The van der Waals surface area contributed by atoms with Crippen molar-refractivity contribution in [3.8, 4) is 28.7 Å². The lowest BCUT2D eigenvalue weighted by Crippen LogP contribution is -2.20. The number of rotatable bonds is 9. The highest BCUT2D eigenvalue weighted by Gasteiger charge is 2.34. The number of nitrogens with one attached hydrogen (secondary N) is 2. The van der Waals surface area contributed by atoms with Gasteiger partial charge in [-0.1, -0.05) is 51.1 Å². The van der Waals surface area contributed by atoms with Gasteiger partial charge in [0.15, 0.2) is 11.5 Å². The molecule has 4 aromatic carbocycles. The van der Waals surface area contributed by atoms with E-state index in [9.17, 15) is 53.8 Å². The minimum atomic E-state index is -5.21. The standard InChI is InChI=1S/C34H27N3O12S3/c1-4-34(2,3)17-9-12-24(27(13-17)52(46,47)48)49-25-15-23(36-22-11-10-18(50(40,41)42)14-26(22)51(43,44)45)29-30-28(21(16-35)33(39)37-31(25)30)19-7-5-6-8-20(19)32(29)38/h5-15,36H,4H2,1-3H3,(H,37,39)(H,40,41,42)(H,43,44,45)(H,46,47,48). The second-order valence-electron chi connectivity index (χ2n) is 12.4. The second kappa shape index (κ2) is 12.4. The van der Waals surface area contributed by atoms with Gasteiger partial charge in [-0.15, -0.1) is 0 Å². The van der Waals surface area contributed by atoms with Crippen molar-refractivity contribution in [2.75, 3.05) is 5.32 Å². The first-order chi connectivity index (χ1) is 24.2. The molecule has 0 aliphatic heterocycles. The number of H-pyrrole nitrogens is 1. The maximum Gasteiger partial charge on any atom is 0.298 e. The van der Waals surface area contributed by atoms with Gasteiger partial charge in [0.25, 0.3) is 35.9 Å². The van der Waals surface area contributed by atoms with Gasteiger partial charge < -0.3 is 15.0 Å². The molecule has 6 rings (SSSR count). The molecule has 0 saturated heterocycles. The molecule has 0 amide bonds. The molecular weight excluding hydrogens is 739 g/mol. The normalized spacial score (nSPS) is 13.1. The van der Waals surface area contributed by atoms with Crippen LogP contribution in [0.25, 0.3) is 22.0 Å². The van der Waals surface area contributed by atoms with Crippen LogP contribution in [-0.2, 0) is 35.8 Å². The topological polar surface area (TPSA) is 258 Å². The van der Waals surface area contributed by atoms with Crippen molar-refractivity contribution >= 4 is 58.4 Å². The fourth-order valence-corrected chi connectivity index (χ4v) is 7.83. The van der Waals surface area contributed by atoms with E-state index in [2.05, 4.69) is 10.3 Å². The molecule has 0 unspecified atom stereocenters. The Labute approximate surface area is 296 Å². The highest BCUT2D eigenvalue weighted by atomic mass is 32.2. The summed E-state index contributed by atoms with van der Waals surface area (Å²) in [5, 5.41) is 12.7. The Bertz CT molecular complexity index is 2840. The van der Waals surface area contributed by atoms with Crippen LogP contribution in [0, 0.1) is 11.3 Å². The lowest BCUT2D eigenvalue weighted by molar-refractivity contribution is 0.104. The van der Waals surface area contributed by atoms with Gasteiger partial charge >= 0.3 is 0 Å². The van der Waals surface area contributed by atoms with Gasteiger partial charge in [0.05, 0.1) is 27.4 Å². The summed E-state index contributed by atoms with van der Waals surface area (Å²) in [5.41, 5.74) is -2.21. The number of aromatic nitrogens is 1. The summed E-state index contributed by atoms with van der Waals surface area (Å²) in [6, 6.07) is 15.3. The molecule has 0 fully saturated rings. The third-order valence-electron chi connectivity index (χ3n) is 8.94. The van der Waals surface area contributed by atoms with E-state index in [-0.39, 0.29) is 44.6 Å². The number of aromatic amines is 1. The zero-order valence-electron chi connectivity index (χ0n) is 27.2. The van der Waals surface area contributed by atoms with Crippen LogP contribution in [0.15, 0.2) is 86.2 Å². The molecule has 1 aliphatic rings. The molecular formula is C34H27N3O12S3. The molecule has 0 bridgehead atoms. The van der Waals surface area contributed by atoms with Crippen LogP contribution in [0.5, 0.6) is 11.5 Å².